The van der Waals surface area contributed by atoms with Crippen molar-refractivity contribution in [3.8, 4) is 17.4 Å². The largest absolute Gasteiger partial charge is 0.493 e. The number of benzene rings is 2. The quantitative estimate of drug-likeness (QED) is 0.471. The molecule has 8 heteroatoms. The highest BCUT2D eigenvalue weighted by molar-refractivity contribution is 7.17. The Morgan fingerprint density at radius 2 is 1.97 bits per heavy atom. The predicted octanol–water partition coefficient (Wildman–Crippen LogP) is 4.36. The number of thiazole rings is 1. The number of aryl methyl sites for hydroxylation is 1. The minimum atomic E-state index is -0.165. The van der Waals surface area contributed by atoms with Crippen LogP contribution in [0.2, 0.25) is 0 Å². The van der Waals surface area contributed by atoms with E-state index in [1.807, 2.05) is 26.0 Å². The second kappa shape index (κ2) is 8.44. The lowest BCUT2D eigenvalue weighted by Crippen LogP contribution is -2.34. The molecule has 166 valence electrons. The first kappa shape index (κ1) is 20.8. The van der Waals surface area contributed by atoms with Gasteiger partial charge in [0.05, 0.1) is 24.6 Å². The van der Waals surface area contributed by atoms with E-state index in [2.05, 4.69) is 45.3 Å². The molecule has 1 aliphatic heterocycles. The molecule has 1 N–H and O–H groups in total. The highest BCUT2D eigenvalue weighted by atomic mass is 32.1. The van der Waals surface area contributed by atoms with Crippen LogP contribution in [0.1, 0.15) is 40.4 Å². The monoisotopic (exact) mass is 450 g/mol. The van der Waals surface area contributed by atoms with Crippen LogP contribution in [0.3, 0.4) is 0 Å². The summed E-state index contributed by atoms with van der Waals surface area (Å²) in [5.41, 5.74) is 3.73. The van der Waals surface area contributed by atoms with E-state index in [9.17, 15) is 5.11 Å². The average molecular weight is 451 g/mol. The van der Waals surface area contributed by atoms with Gasteiger partial charge in [-0.2, -0.15) is 4.52 Å². The zero-order valence-corrected chi connectivity index (χ0v) is 19.2. The molecule has 5 rings (SSSR count). The van der Waals surface area contributed by atoms with Crippen molar-refractivity contribution in [3.63, 3.8) is 0 Å². The first-order valence-corrected chi connectivity index (χ1v) is 11.6. The van der Waals surface area contributed by atoms with E-state index in [-0.39, 0.29) is 11.9 Å². The summed E-state index contributed by atoms with van der Waals surface area (Å²) in [6, 6.07) is 14.4. The van der Waals surface area contributed by atoms with E-state index in [0.29, 0.717) is 28.9 Å². The molecule has 2 aromatic carbocycles. The third-order valence-electron chi connectivity index (χ3n) is 5.88. The SMILES string of the molecule is CCOc1ccc(C(c2sc3nc(C)nn3c2O)N2CCc3ccccc3C2)cc1OC. The van der Waals surface area contributed by atoms with Crippen LogP contribution in [-0.2, 0) is 13.0 Å². The number of hydrogen-bond donors (Lipinski definition) is 1. The summed E-state index contributed by atoms with van der Waals surface area (Å²) in [6.45, 7) is 6.02. The van der Waals surface area contributed by atoms with Crippen molar-refractivity contribution in [1.82, 2.24) is 19.5 Å². The average Bonchev–Trinajstić information content (AvgIpc) is 3.32. The smallest absolute Gasteiger partial charge is 0.230 e. The molecule has 1 unspecified atom stereocenters. The van der Waals surface area contributed by atoms with E-state index in [4.69, 9.17) is 9.47 Å². The van der Waals surface area contributed by atoms with Gasteiger partial charge in [-0.15, -0.1) is 5.10 Å². The van der Waals surface area contributed by atoms with Gasteiger partial charge >= 0.3 is 0 Å². The zero-order valence-electron chi connectivity index (χ0n) is 18.4. The Morgan fingerprint density at radius 3 is 2.72 bits per heavy atom. The molecule has 0 bridgehead atoms. The molecule has 0 saturated carbocycles. The number of aromatic hydroxyl groups is 1. The van der Waals surface area contributed by atoms with E-state index in [1.54, 1.807) is 7.11 Å². The van der Waals surface area contributed by atoms with Crippen LogP contribution in [-0.4, -0.2) is 44.9 Å². The van der Waals surface area contributed by atoms with Gasteiger partial charge in [0, 0.05) is 13.1 Å². The van der Waals surface area contributed by atoms with Gasteiger partial charge in [-0.25, -0.2) is 4.98 Å². The van der Waals surface area contributed by atoms with E-state index >= 15 is 0 Å². The molecule has 0 aliphatic carbocycles. The molecule has 1 aliphatic rings. The van der Waals surface area contributed by atoms with Crippen LogP contribution < -0.4 is 9.47 Å². The van der Waals surface area contributed by atoms with Crippen LogP contribution >= 0.6 is 11.3 Å². The normalized spacial score (nSPS) is 15.0. The van der Waals surface area contributed by atoms with Crippen molar-refractivity contribution < 1.29 is 14.6 Å². The minimum Gasteiger partial charge on any atom is -0.493 e. The van der Waals surface area contributed by atoms with Crippen molar-refractivity contribution >= 4 is 16.3 Å². The summed E-state index contributed by atoms with van der Waals surface area (Å²) in [4.78, 5) is 8.38. The Morgan fingerprint density at radius 1 is 1.16 bits per heavy atom. The molecule has 4 aromatic rings. The summed E-state index contributed by atoms with van der Waals surface area (Å²) >= 11 is 1.48. The fourth-order valence-electron chi connectivity index (χ4n) is 4.42. The molecule has 0 spiro atoms. The Hall–Kier alpha value is -3.10. The second-order valence-corrected chi connectivity index (χ2v) is 8.89. The second-order valence-electron chi connectivity index (χ2n) is 7.88. The number of methoxy groups -OCH3 is 1. The van der Waals surface area contributed by atoms with Gasteiger partial charge in [-0.1, -0.05) is 41.7 Å². The van der Waals surface area contributed by atoms with Gasteiger partial charge in [0.1, 0.15) is 5.82 Å². The van der Waals surface area contributed by atoms with Crippen LogP contribution in [0.25, 0.3) is 4.96 Å². The van der Waals surface area contributed by atoms with E-state index in [1.165, 1.54) is 27.0 Å². The minimum absolute atomic E-state index is 0.141. The molecule has 0 saturated heterocycles. The fraction of sp³-hybridized carbons (Fsp3) is 0.333. The van der Waals surface area contributed by atoms with Crippen molar-refractivity contribution in [2.24, 2.45) is 0 Å². The Kier molecular flexibility index (Phi) is 5.48. The Balaban J connectivity index is 1.62. The molecule has 0 fully saturated rings. The highest BCUT2D eigenvalue weighted by Gasteiger charge is 2.32. The topological polar surface area (TPSA) is 72.1 Å². The number of fused-ring (bicyclic) bond motifs is 2. The molecular formula is C24H26N4O3S. The van der Waals surface area contributed by atoms with E-state index < -0.39 is 0 Å². The van der Waals surface area contributed by atoms with Gasteiger partial charge < -0.3 is 14.6 Å². The van der Waals surface area contributed by atoms with Crippen molar-refractivity contribution in [2.45, 2.75) is 32.9 Å². The Labute approximate surface area is 190 Å². The standard InChI is InChI=1S/C24H26N4O3S/c1-4-31-19-10-9-17(13-20(19)30-3)21(22-23(29)28-24(32-22)25-15(2)26-28)27-12-11-16-7-5-6-8-18(16)14-27/h5-10,13,21,29H,4,11-12,14H2,1-3H3. The molecule has 3 heterocycles. The summed E-state index contributed by atoms with van der Waals surface area (Å²) in [5.74, 6) is 2.18. The molecule has 0 radical (unpaired) electrons. The first-order chi connectivity index (χ1) is 15.6. The molecule has 0 amide bonds. The molecule has 7 nitrogen and oxygen atoms in total. The van der Waals surface area contributed by atoms with Crippen LogP contribution in [0, 0.1) is 6.92 Å². The van der Waals surface area contributed by atoms with Gasteiger partial charge in [0.25, 0.3) is 0 Å². The lowest BCUT2D eigenvalue weighted by Gasteiger charge is -2.35. The fourth-order valence-corrected chi connectivity index (χ4v) is 5.58. The molecule has 1 atom stereocenters. The van der Waals surface area contributed by atoms with Crippen molar-refractivity contribution in [2.75, 3.05) is 20.3 Å². The lowest BCUT2D eigenvalue weighted by molar-refractivity contribution is 0.204. The van der Waals surface area contributed by atoms with E-state index in [0.717, 1.165) is 30.0 Å². The van der Waals surface area contributed by atoms with Gasteiger partial charge in [0.15, 0.2) is 11.5 Å². The maximum Gasteiger partial charge on any atom is 0.230 e. The number of hydrogen-bond acceptors (Lipinski definition) is 7. The molecular weight excluding hydrogens is 424 g/mol. The lowest BCUT2D eigenvalue weighted by atomic mass is 9.95. The van der Waals surface area contributed by atoms with Gasteiger partial charge in [-0.3, -0.25) is 4.90 Å². The van der Waals surface area contributed by atoms with Crippen LogP contribution in [0.4, 0.5) is 0 Å². The van der Waals surface area contributed by atoms with Crippen molar-refractivity contribution in [1.29, 1.82) is 0 Å². The third kappa shape index (κ3) is 3.59. The molecule has 2 aromatic heterocycles. The predicted molar refractivity (Wildman–Crippen MR) is 124 cm³/mol. The van der Waals surface area contributed by atoms with Crippen molar-refractivity contribution in [3.05, 3.63) is 69.9 Å². The zero-order chi connectivity index (χ0) is 22.2. The third-order valence-corrected chi connectivity index (χ3v) is 6.96. The number of ether oxygens (including phenoxy) is 2. The first-order valence-electron chi connectivity index (χ1n) is 10.8. The van der Waals surface area contributed by atoms with Gasteiger partial charge in [0.2, 0.25) is 10.8 Å². The Bertz CT molecular complexity index is 1270. The summed E-state index contributed by atoms with van der Waals surface area (Å²) in [7, 11) is 1.65. The van der Waals surface area contributed by atoms with Crippen LogP contribution in [0.5, 0.6) is 17.4 Å². The number of aromatic nitrogens is 3. The summed E-state index contributed by atoms with van der Waals surface area (Å²) < 4.78 is 12.9. The number of nitrogens with zero attached hydrogens (tertiary/aromatic N) is 4. The number of rotatable bonds is 6. The highest BCUT2D eigenvalue weighted by Crippen LogP contribution is 2.43. The maximum atomic E-state index is 11.1. The summed E-state index contributed by atoms with van der Waals surface area (Å²) in [5, 5.41) is 15.5. The molecule has 32 heavy (non-hydrogen) atoms. The summed E-state index contributed by atoms with van der Waals surface area (Å²) in [6.07, 6.45) is 0.960. The van der Waals surface area contributed by atoms with Crippen LogP contribution in [0.15, 0.2) is 42.5 Å². The van der Waals surface area contributed by atoms with Gasteiger partial charge in [-0.05, 0) is 49.1 Å². The maximum absolute atomic E-state index is 11.1.